The van der Waals surface area contributed by atoms with Crippen LogP contribution in [0.2, 0.25) is 5.15 Å². The van der Waals surface area contributed by atoms with Crippen LogP contribution in [0.15, 0.2) is 36.4 Å². The molecule has 2 aromatic rings. The number of carbonyl (C=O) groups is 2. The predicted octanol–water partition coefficient (Wildman–Crippen LogP) is 4.35. The standard InChI is InChI=1S/C25H33ClN4O2/c1-3-4-15-30-25(26)22(20(2)27-30)13-14-24(32)29-18-16-28(17-19-29)23(31)12-8-11-21-9-6-5-7-10-21/h5-7,9-10,13-14H,3-4,8,11-12,15-19H2,1-2H3/b14-13+. The summed E-state index contributed by atoms with van der Waals surface area (Å²) in [5.74, 6) is 0.114. The Bertz CT molecular complexity index is 931. The summed E-state index contributed by atoms with van der Waals surface area (Å²) in [7, 11) is 0. The number of carbonyl (C=O) groups excluding carboxylic acids is 2. The molecule has 1 fully saturated rings. The summed E-state index contributed by atoms with van der Waals surface area (Å²) in [6.07, 6.45) is 7.71. The van der Waals surface area contributed by atoms with Crippen LogP contribution in [-0.2, 0) is 22.6 Å². The Morgan fingerprint density at radius 1 is 1.06 bits per heavy atom. The first kappa shape index (κ1) is 24.1. The van der Waals surface area contributed by atoms with Gasteiger partial charge in [-0.05, 0) is 37.8 Å². The largest absolute Gasteiger partial charge is 0.339 e. The minimum Gasteiger partial charge on any atom is -0.339 e. The summed E-state index contributed by atoms with van der Waals surface area (Å²) < 4.78 is 1.80. The zero-order valence-electron chi connectivity index (χ0n) is 19.1. The Kier molecular flexibility index (Phi) is 8.91. The fraction of sp³-hybridized carbons (Fsp3) is 0.480. The normalized spacial score (nSPS) is 14.3. The molecule has 3 rings (SSSR count). The quantitative estimate of drug-likeness (QED) is 0.527. The first-order valence-corrected chi connectivity index (χ1v) is 11.9. The van der Waals surface area contributed by atoms with Crippen molar-refractivity contribution in [3.63, 3.8) is 0 Å². The van der Waals surface area contributed by atoms with E-state index >= 15 is 0 Å². The van der Waals surface area contributed by atoms with Crippen molar-refractivity contribution in [2.45, 2.75) is 52.5 Å². The van der Waals surface area contributed by atoms with Crippen LogP contribution in [0.5, 0.6) is 0 Å². The highest BCUT2D eigenvalue weighted by Gasteiger charge is 2.23. The molecule has 2 heterocycles. The van der Waals surface area contributed by atoms with Crippen LogP contribution in [-0.4, -0.2) is 57.6 Å². The Balaban J connectivity index is 1.45. The Morgan fingerprint density at radius 3 is 2.44 bits per heavy atom. The highest BCUT2D eigenvalue weighted by atomic mass is 35.5. The number of unbranched alkanes of at least 4 members (excludes halogenated alkanes) is 1. The molecule has 0 N–H and O–H groups in total. The van der Waals surface area contributed by atoms with Gasteiger partial charge in [0.1, 0.15) is 5.15 Å². The van der Waals surface area contributed by atoms with E-state index in [-0.39, 0.29) is 11.8 Å². The van der Waals surface area contributed by atoms with Gasteiger partial charge >= 0.3 is 0 Å². The van der Waals surface area contributed by atoms with Crippen LogP contribution in [0.4, 0.5) is 0 Å². The number of hydrogen-bond acceptors (Lipinski definition) is 3. The molecule has 2 amide bonds. The number of piperazine rings is 1. The first-order valence-electron chi connectivity index (χ1n) is 11.5. The topological polar surface area (TPSA) is 58.4 Å². The van der Waals surface area contributed by atoms with Crippen LogP contribution in [0.3, 0.4) is 0 Å². The number of halogens is 1. The van der Waals surface area contributed by atoms with E-state index in [1.165, 1.54) is 5.56 Å². The van der Waals surface area contributed by atoms with Gasteiger partial charge in [-0.3, -0.25) is 14.3 Å². The molecule has 7 heteroatoms. The van der Waals surface area contributed by atoms with Gasteiger partial charge in [-0.25, -0.2) is 0 Å². The Labute approximate surface area is 195 Å². The lowest BCUT2D eigenvalue weighted by Crippen LogP contribution is -2.50. The number of nitrogens with zero attached hydrogens (tertiary/aromatic N) is 4. The van der Waals surface area contributed by atoms with E-state index in [1.807, 2.05) is 30.0 Å². The molecule has 0 radical (unpaired) electrons. The molecular weight excluding hydrogens is 424 g/mol. The third kappa shape index (κ3) is 6.45. The average Bonchev–Trinajstić information content (AvgIpc) is 3.09. The molecule has 0 atom stereocenters. The lowest BCUT2D eigenvalue weighted by Gasteiger charge is -2.34. The fourth-order valence-electron chi connectivity index (χ4n) is 3.90. The molecule has 1 aliphatic heterocycles. The maximum atomic E-state index is 12.6. The SMILES string of the molecule is CCCCn1nc(C)c(/C=C/C(=O)N2CCN(C(=O)CCCc3ccccc3)CC2)c1Cl. The van der Waals surface area contributed by atoms with E-state index in [0.717, 1.165) is 43.5 Å². The van der Waals surface area contributed by atoms with E-state index in [2.05, 4.69) is 24.2 Å². The van der Waals surface area contributed by atoms with Crippen LogP contribution in [0.25, 0.3) is 6.08 Å². The van der Waals surface area contributed by atoms with E-state index in [4.69, 9.17) is 11.6 Å². The second kappa shape index (κ2) is 11.9. The van der Waals surface area contributed by atoms with E-state index in [1.54, 1.807) is 21.7 Å². The minimum atomic E-state index is -0.0575. The summed E-state index contributed by atoms with van der Waals surface area (Å²) in [5.41, 5.74) is 2.87. The van der Waals surface area contributed by atoms with E-state index in [9.17, 15) is 9.59 Å². The fourth-order valence-corrected chi connectivity index (χ4v) is 4.22. The number of benzene rings is 1. The number of rotatable bonds is 9. The highest BCUT2D eigenvalue weighted by molar-refractivity contribution is 6.31. The van der Waals surface area contributed by atoms with Crippen molar-refractivity contribution in [3.05, 3.63) is 58.4 Å². The molecule has 32 heavy (non-hydrogen) atoms. The van der Waals surface area contributed by atoms with Gasteiger partial charge in [0.05, 0.1) is 5.69 Å². The molecule has 0 saturated carbocycles. The second-order valence-electron chi connectivity index (χ2n) is 8.25. The van der Waals surface area contributed by atoms with Crippen molar-refractivity contribution in [1.29, 1.82) is 0 Å². The second-order valence-corrected chi connectivity index (χ2v) is 8.60. The van der Waals surface area contributed by atoms with Gasteiger partial charge < -0.3 is 9.80 Å². The van der Waals surface area contributed by atoms with Crippen LogP contribution in [0.1, 0.15) is 49.4 Å². The molecule has 0 bridgehead atoms. The van der Waals surface area contributed by atoms with Gasteiger partial charge in [0.25, 0.3) is 0 Å². The number of aromatic nitrogens is 2. The summed E-state index contributed by atoms with van der Waals surface area (Å²) in [6.45, 7) is 7.07. The third-order valence-corrected chi connectivity index (χ3v) is 6.27. The van der Waals surface area contributed by atoms with Crippen molar-refractivity contribution < 1.29 is 9.59 Å². The van der Waals surface area contributed by atoms with Crippen LogP contribution >= 0.6 is 11.6 Å². The van der Waals surface area contributed by atoms with Gasteiger partial charge in [0, 0.05) is 50.8 Å². The molecule has 172 valence electrons. The molecule has 0 aliphatic carbocycles. The van der Waals surface area contributed by atoms with E-state index in [0.29, 0.717) is 37.8 Å². The van der Waals surface area contributed by atoms with Crippen LogP contribution in [0, 0.1) is 6.92 Å². The summed E-state index contributed by atoms with van der Waals surface area (Å²) in [5, 5.41) is 5.05. The van der Waals surface area contributed by atoms with E-state index < -0.39 is 0 Å². The minimum absolute atomic E-state index is 0.0575. The predicted molar refractivity (Wildman–Crippen MR) is 128 cm³/mol. The number of hydrogen-bond donors (Lipinski definition) is 0. The van der Waals surface area contributed by atoms with Gasteiger partial charge in [-0.15, -0.1) is 0 Å². The lowest BCUT2D eigenvalue weighted by molar-refractivity contribution is -0.137. The maximum Gasteiger partial charge on any atom is 0.246 e. The molecule has 1 aromatic carbocycles. The Morgan fingerprint density at radius 2 is 1.75 bits per heavy atom. The van der Waals surface area contributed by atoms with Crippen molar-refractivity contribution in [2.75, 3.05) is 26.2 Å². The number of amides is 2. The first-order chi connectivity index (χ1) is 15.5. The summed E-state index contributed by atoms with van der Waals surface area (Å²) in [4.78, 5) is 28.8. The molecule has 0 spiro atoms. The summed E-state index contributed by atoms with van der Waals surface area (Å²) in [6, 6.07) is 10.2. The van der Waals surface area contributed by atoms with Crippen molar-refractivity contribution in [1.82, 2.24) is 19.6 Å². The van der Waals surface area contributed by atoms with Crippen molar-refractivity contribution in [2.24, 2.45) is 0 Å². The molecule has 0 unspecified atom stereocenters. The van der Waals surface area contributed by atoms with Gasteiger partial charge in [-0.2, -0.15) is 5.10 Å². The molecule has 1 saturated heterocycles. The number of aryl methyl sites for hydroxylation is 3. The summed E-state index contributed by atoms with van der Waals surface area (Å²) >= 11 is 6.45. The van der Waals surface area contributed by atoms with Gasteiger partial charge in [0.15, 0.2) is 0 Å². The monoisotopic (exact) mass is 456 g/mol. The highest BCUT2D eigenvalue weighted by Crippen LogP contribution is 2.22. The average molecular weight is 457 g/mol. The molecule has 6 nitrogen and oxygen atoms in total. The zero-order chi connectivity index (χ0) is 22.9. The maximum absolute atomic E-state index is 12.6. The van der Waals surface area contributed by atoms with Crippen molar-refractivity contribution in [3.8, 4) is 0 Å². The third-order valence-electron chi connectivity index (χ3n) is 5.87. The smallest absolute Gasteiger partial charge is 0.246 e. The molecule has 1 aromatic heterocycles. The Hall–Kier alpha value is -2.60. The lowest BCUT2D eigenvalue weighted by atomic mass is 10.1. The zero-order valence-corrected chi connectivity index (χ0v) is 19.9. The molecule has 1 aliphatic rings. The van der Waals surface area contributed by atoms with Gasteiger partial charge in [0.2, 0.25) is 11.8 Å². The molecular formula is C25H33ClN4O2. The van der Waals surface area contributed by atoms with Crippen LogP contribution < -0.4 is 0 Å². The van der Waals surface area contributed by atoms with Crippen molar-refractivity contribution >= 4 is 29.5 Å². The van der Waals surface area contributed by atoms with Gasteiger partial charge in [-0.1, -0.05) is 55.3 Å².